The number of nitrogens with one attached hydrogen (secondary N) is 1. The summed E-state index contributed by atoms with van der Waals surface area (Å²) < 4.78 is 24.2. The molecule has 0 amide bonds. The normalized spacial score (nSPS) is 13.2. The molecule has 3 aromatic rings. The number of aromatic nitrogens is 2. The molecule has 1 unspecified atom stereocenters. The van der Waals surface area contributed by atoms with Gasteiger partial charge in [0.25, 0.3) is 0 Å². The van der Waals surface area contributed by atoms with Crippen molar-refractivity contribution in [3.63, 3.8) is 0 Å². The maximum absolute atomic E-state index is 13.2. The van der Waals surface area contributed by atoms with Crippen LogP contribution >= 0.6 is 23.5 Å². The van der Waals surface area contributed by atoms with Gasteiger partial charge < -0.3 is 9.75 Å². The van der Waals surface area contributed by atoms with Crippen LogP contribution in [-0.2, 0) is 0 Å². The minimum Gasteiger partial charge on any atom is -0.490 e. The topological polar surface area (TPSA) is 54.7 Å². The Kier molecular flexibility index (Phi) is 7.95. The average Bonchev–Trinajstić information content (AvgIpc) is 3.15. The average molecular weight is 462 g/mol. The summed E-state index contributed by atoms with van der Waals surface area (Å²) in [4.78, 5) is 1.01. The summed E-state index contributed by atoms with van der Waals surface area (Å²) in [5, 5.41) is 11.8. The van der Waals surface area contributed by atoms with Crippen LogP contribution in [0.2, 0.25) is 5.02 Å². The van der Waals surface area contributed by atoms with Crippen molar-refractivity contribution in [1.82, 2.24) is 19.5 Å². The molecule has 0 spiro atoms. The highest BCUT2D eigenvalue weighted by Gasteiger charge is 2.12. The molecule has 31 heavy (non-hydrogen) atoms. The van der Waals surface area contributed by atoms with Crippen LogP contribution in [0.25, 0.3) is 16.6 Å². The fourth-order valence-electron chi connectivity index (χ4n) is 2.68. The molecule has 0 saturated carbocycles. The van der Waals surface area contributed by atoms with Crippen molar-refractivity contribution in [2.45, 2.75) is 19.9 Å². The van der Waals surface area contributed by atoms with E-state index in [-0.39, 0.29) is 11.9 Å². The minimum atomic E-state index is -0.290. The van der Waals surface area contributed by atoms with E-state index in [2.05, 4.69) is 14.9 Å². The van der Waals surface area contributed by atoms with Gasteiger partial charge in [0.1, 0.15) is 18.2 Å². The molecule has 1 N–H and O–H groups in total. The van der Waals surface area contributed by atoms with Crippen LogP contribution in [0.4, 0.5) is 4.39 Å². The van der Waals surface area contributed by atoms with E-state index in [0.717, 1.165) is 21.5 Å². The Morgan fingerprint density at radius 3 is 2.77 bits per heavy atom. The molecule has 0 aliphatic heterocycles. The van der Waals surface area contributed by atoms with Crippen molar-refractivity contribution >= 4 is 40.7 Å². The number of halogens is 2. The summed E-state index contributed by atoms with van der Waals surface area (Å²) in [5.41, 5.74) is 1.58. The zero-order valence-corrected chi connectivity index (χ0v) is 19.4. The van der Waals surface area contributed by atoms with Crippen molar-refractivity contribution in [1.29, 1.82) is 0 Å². The molecular formula is C22H25ClFN5OS. The highest BCUT2D eigenvalue weighted by Crippen LogP contribution is 2.31. The number of allylic oxidation sites excluding steroid dienone is 2. The number of ether oxygens (including phenoxy) is 1. The van der Waals surface area contributed by atoms with E-state index in [1.165, 1.54) is 24.1 Å². The van der Waals surface area contributed by atoms with Gasteiger partial charge >= 0.3 is 0 Å². The van der Waals surface area contributed by atoms with E-state index in [1.54, 1.807) is 34.2 Å². The first-order valence-corrected chi connectivity index (χ1v) is 10.9. The fourth-order valence-corrected chi connectivity index (χ4v) is 3.51. The lowest BCUT2D eigenvalue weighted by atomic mass is 10.2. The van der Waals surface area contributed by atoms with Gasteiger partial charge in [-0.1, -0.05) is 17.7 Å². The third kappa shape index (κ3) is 6.22. The van der Waals surface area contributed by atoms with Crippen molar-refractivity contribution in [2.75, 3.05) is 20.7 Å². The number of fused-ring (bicyclic) bond motifs is 1. The minimum absolute atomic E-state index is 0.0707. The summed E-state index contributed by atoms with van der Waals surface area (Å²) in [6, 6.07) is 9.90. The first-order valence-electron chi connectivity index (χ1n) is 9.73. The Balaban J connectivity index is 1.64. The first kappa shape index (κ1) is 23.1. The second-order valence-corrected chi connectivity index (χ2v) is 8.41. The molecular weight excluding hydrogens is 437 g/mol. The van der Waals surface area contributed by atoms with Gasteiger partial charge in [-0.05, 0) is 62.2 Å². The maximum atomic E-state index is 13.2. The lowest BCUT2D eigenvalue weighted by Gasteiger charge is -2.15. The van der Waals surface area contributed by atoms with E-state index in [0.29, 0.717) is 17.4 Å². The van der Waals surface area contributed by atoms with E-state index >= 15 is 0 Å². The van der Waals surface area contributed by atoms with Gasteiger partial charge in [-0.2, -0.15) is 10.2 Å². The second-order valence-electron chi connectivity index (χ2n) is 7.09. The molecule has 0 radical (unpaired) electrons. The molecule has 6 nitrogen and oxygen atoms in total. The number of benzene rings is 2. The van der Waals surface area contributed by atoms with Gasteiger partial charge in [0.2, 0.25) is 0 Å². The number of rotatable bonds is 9. The van der Waals surface area contributed by atoms with Gasteiger partial charge in [0, 0.05) is 30.4 Å². The standard InChI is InChI=1S/C22H25ClFN5OS/c1-5-19(13-25-28(3)4)31-27-15(2)14-30-22-10-16-12-26-29(21(16)11-20(22)23)18-8-6-17(24)7-9-18/h5-13,15,27H,14H2,1-4H3/b19-5-,25-13-. The van der Waals surface area contributed by atoms with E-state index < -0.39 is 0 Å². The molecule has 0 bridgehead atoms. The number of hydrogen-bond acceptors (Lipinski definition) is 6. The number of hydrazone groups is 1. The maximum Gasteiger partial charge on any atom is 0.138 e. The molecule has 1 heterocycles. The molecule has 0 aliphatic rings. The van der Waals surface area contributed by atoms with E-state index in [4.69, 9.17) is 16.3 Å². The van der Waals surface area contributed by atoms with Gasteiger partial charge in [0.15, 0.2) is 0 Å². The van der Waals surface area contributed by atoms with Crippen LogP contribution in [-0.4, -0.2) is 47.7 Å². The van der Waals surface area contributed by atoms with E-state index in [9.17, 15) is 4.39 Å². The molecule has 1 aromatic heterocycles. The molecule has 164 valence electrons. The van der Waals surface area contributed by atoms with Gasteiger partial charge in [-0.15, -0.1) is 0 Å². The van der Waals surface area contributed by atoms with Crippen molar-refractivity contribution in [3.05, 3.63) is 64.4 Å². The quantitative estimate of drug-likeness (QED) is 0.267. The van der Waals surface area contributed by atoms with Crippen LogP contribution in [0.3, 0.4) is 0 Å². The molecule has 0 aliphatic carbocycles. The zero-order valence-electron chi connectivity index (χ0n) is 17.8. The Morgan fingerprint density at radius 2 is 2.10 bits per heavy atom. The largest absolute Gasteiger partial charge is 0.490 e. The molecule has 3 rings (SSSR count). The van der Waals surface area contributed by atoms with Crippen LogP contribution in [0.1, 0.15) is 13.8 Å². The summed E-state index contributed by atoms with van der Waals surface area (Å²) in [6.45, 7) is 4.43. The monoisotopic (exact) mass is 461 g/mol. The van der Waals surface area contributed by atoms with Crippen molar-refractivity contribution < 1.29 is 9.13 Å². The zero-order chi connectivity index (χ0) is 22.4. The Bertz CT molecular complexity index is 1080. The summed E-state index contributed by atoms with van der Waals surface area (Å²) in [5.74, 6) is 0.299. The molecule has 0 fully saturated rings. The fraction of sp³-hybridized carbons (Fsp3) is 0.273. The molecule has 1 atom stereocenters. The molecule has 0 saturated heterocycles. The highest BCUT2D eigenvalue weighted by atomic mass is 35.5. The van der Waals surface area contributed by atoms with Gasteiger partial charge in [0.05, 0.1) is 28.6 Å². The lowest BCUT2D eigenvalue weighted by molar-refractivity contribution is 0.290. The van der Waals surface area contributed by atoms with Crippen molar-refractivity contribution in [3.8, 4) is 11.4 Å². The van der Waals surface area contributed by atoms with Crippen LogP contribution in [0.5, 0.6) is 5.75 Å². The Labute approximate surface area is 190 Å². The molecule has 9 heteroatoms. The Hall–Kier alpha value is -2.55. The van der Waals surface area contributed by atoms with Crippen LogP contribution < -0.4 is 9.46 Å². The Morgan fingerprint density at radius 1 is 1.35 bits per heavy atom. The predicted octanol–water partition coefficient (Wildman–Crippen LogP) is 5.27. The predicted molar refractivity (Wildman–Crippen MR) is 128 cm³/mol. The third-order valence-corrected chi connectivity index (χ3v) is 5.65. The third-order valence-electron chi connectivity index (χ3n) is 4.26. The molecule has 2 aromatic carbocycles. The van der Waals surface area contributed by atoms with Crippen LogP contribution in [0.15, 0.2) is 58.7 Å². The lowest BCUT2D eigenvalue weighted by Crippen LogP contribution is -2.26. The van der Waals surface area contributed by atoms with Gasteiger partial charge in [-0.3, -0.25) is 4.72 Å². The van der Waals surface area contributed by atoms with Gasteiger partial charge in [-0.25, -0.2) is 9.07 Å². The summed E-state index contributed by atoms with van der Waals surface area (Å²) in [7, 11) is 3.75. The second kappa shape index (κ2) is 10.7. The van der Waals surface area contributed by atoms with Crippen LogP contribution in [0, 0.1) is 5.82 Å². The first-order chi connectivity index (χ1) is 14.9. The number of nitrogens with zero attached hydrogens (tertiary/aromatic N) is 4. The summed E-state index contributed by atoms with van der Waals surface area (Å²) >= 11 is 7.96. The van der Waals surface area contributed by atoms with Crippen molar-refractivity contribution in [2.24, 2.45) is 5.10 Å². The summed E-state index contributed by atoms with van der Waals surface area (Å²) in [6.07, 6.45) is 5.53. The highest BCUT2D eigenvalue weighted by molar-refractivity contribution is 8.02. The SMILES string of the molecule is C/C=C(/C=N\N(C)C)SNC(C)COc1cc2cnn(-c3ccc(F)cc3)c2cc1Cl. The smallest absolute Gasteiger partial charge is 0.138 e. The number of hydrogen-bond donors (Lipinski definition) is 1. The van der Waals surface area contributed by atoms with E-state index in [1.807, 2.05) is 46.2 Å².